The van der Waals surface area contributed by atoms with Gasteiger partial charge in [0.05, 0.1) is 18.2 Å². The average Bonchev–Trinajstić information content (AvgIpc) is 2.54. The minimum Gasteiger partial charge on any atom is -0.325 e. The molecule has 0 aliphatic heterocycles. The van der Waals surface area contributed by atoms with Crippen molar-refractivity contribution < 1.29 is 4.57 Å². The van der Waals surface area contributed by atoms with Gasteiger partial charge in [-0.2, -0.15) is 9.83 Å². The highest BCUT2D eigenvalue weighted by atomic mass is 15.0. The normalized spacial score (nSPS) is 10.5. The fraction of sp³-hybridized carbons (Fsp3) is 0.111. The standard InChI is InChI=1S/C18H18N3/c1-2-17-8-5-9-18(21(17)13-12-19)11-10-15-6-3-4-7-16(15)14-20/h2-11H,1,12-13,19H2/q+1/b11-10+. The first-order valence-corrected chi connectivity index (χ1v) is 6.82. The van der Waals surface area contributed by atoms with Crippen LogP contribution in [0.15, 0.2) is 49.0 Å². The van der Waals surface area contributed by atoms with Gasteiger partial charge in [0.25, 0.3) is 0 Å². The van der Waals surface area contributed by atoms with E-state index in [1.165, 1.54) is 0 Å². The molecule has 0 spiro atoms. The van der Waals surface area contributed by atoms with E-state index in [0.717, 1.165) is 23.5 Å². The van der Waals surface area contributed by atoms with Crippen LogP contribution in [0.25, 0.3) is 18.2 Å². The lowest BCUT2D eigenvalue weighted by Gasteiger charge is -2.03. The quantitative estimate of drug-likeness (QED) is 0.853. The number of pyridine rings is 1. The minimum atomic E-state index is 0.561. The van der Waals surface area contributed by atoms with Crippen LogP contribution in [0.2, 0.25) is 0 Å². The van der Waals surface area contributed by atoms with Crippen molar-refractivity contribution in [3.63, 3.8) is 0 Å². The van der Waals surface area contributed by atoms with Crippen LogP contribution in [0.1, 0.15) is 22.5 Å². The molecule has 2 aromatic rings. The van der Waals surface area contributed by atoms with Crippen molar-refractivity contribution in [2.75, 3.05) is 6.54 Å². The molecule has 3 heteroatoms. The van der Waals surface area contributed by atoms with E-state index in [0.29, 0.717) is 12.1 Å². The summed E-state index contributed by atoms with van der Waals surface area (Å²) < 4.78 is 2.11. The summed E-state index contributed by atoms with van der Waals surface area (Å²) in [5, 5.41) is 9.12. The van der Waals surface area contributed by atoms with Gasteiger partial charge in [-0.25, -0.2) is 0 Å². The molecule has 1 aromatic carbocycles. The molecule has 3 nitrogen and oxygen atoms in total. The van der Waals surface area contributed by atoms with Crippen LogP contribution in [-0.2, 0) is 6.54 Å². The van der Waals surface area contributed by atoms with Gasteiger partial charge in [0.2, 0.25) is 11.4 Å². The Balaban J connectivity index is 2.41. The first-order valence-electron chi connectivity index (χ1n) is 6.82. The van der Waals surface area contributed by atoms with Crippen molar-refractivity contribution in [3.05, 3.63) is 71.6 Å². The van der Waals surface area contributed by atoms with Crippen LogP contribution >= 0.6 is 0 Å². The predicted molar refractivity (Wildman–Crippen MR) is 85.9 cm³/mol. The van der Waals surface area contributed by atoms with Gasteiger partial charge in [-0.1, -0.05) is 24.8 Å². The maximum atomic E-state index is 9.12. The van der Waals surface area contributed by atoms with Crippen LogP contribution in [-0.4, -0.2) is 6.54 Å². The van der Waals surface area contributed by atoms with E-state index < -0.39 is 0 Å². The Morgan fingerprint density at radius 3 is 2.57 bits per heavy atom. The maximum absolute atomic E-state index is 9.12. The van der Waals surface area contributed by atoms with Gasteiger partial charge in [0.1, 0.15) is 0 Å². The molecule has 0 aliphatic rings. The van der Waals surface area contributed by atoms with Gasteiger partial charge < -0.3 is 5.73 Å². The molecule has 0 atom stereocenters. The summed E-state index contributed by atoms with van der Waals surface area (Å²) in [5.74, 6) is 0. The maximum Gasteiger partial charge on any atom is 0.205 e. The third-order valence-electron chi connectivity index (χ3n) is 3.23. The number of hydrogen-bond donors (Lipinski definition) is 1. The Bertz CT molecular complexity index is 709. The lowest BCUT2D eigenvalue weighted by atomic mass is 10.1. The molecule has 2 rings (SSSR count). The van der Waals surface area contributed by atoms with Crippen molar-refractivity contribution >= 4 is 18.2 Å². The van der Waals surface area contributed by atoms with Gasteiger partial charge in [0, 0.05) is 24.3 Å². The first-order chi connectivity index (χ1) is 10.3. The van der Waals surface area contributed by atoms with Gasteiger partial charge in [-0.15, -0.1) is 0 Å². The van der Waals surface area contributed by atoms with Crippen LogP contribution in [0.3, 0.4) is 0 Å². The van der Waals surface area contributed by atoms with E-state index in [-0.39, 0.29) is 0 Å². The topological polar surface area (TPSA) is 53.7 Å². The highest BCUT2D eigenvalue weighted by Crippen LogP contribution is 2.11. The number of benzene rings is 1. The second kappa shape index (κ2) is 7.18. The molecule has 1 heterocycles. The van der Waals surface area contributed by atoms with Gasteiger partial charge >= 0.3 is 0 Å². The predicted octanol–water partition coefficient (Wildman–Crippen LogP) is 2.62. The second-order valence-electron chi connectivity index (χ2n) is 4.55. The van der Waals surface area contributed by atoms with E-state index in [9.17, 15) is 0 Å². The van der Waals surface area contributed by atoms with Crippen LogP contribution in [0.5, 0.6) is 0 Å². The lowest BCUT2D eigenvalue weighted by molar-refractivity contribution is -0.697. The lowest BCUT2D eigenvalue weighted by Crippen LogP contribution is -2.43. The number of nitrogens with two attached hydrogens (primary N) is 1. The average molecular weight is 276 g/mol. The van der Waals surface area contributed by atoms with E-state index in [1.807, 2.05) is 60.7 Å². The Kier molecular flexibility index (Phi) is 5.03. The second-order valence-corrected chi connectivity index (χ2v) is 4.55. The summed E-state index contributed by atoms with van der Waals surface area (Å²) in [4.78, 5) is 0. The van der Waals surface area contributed by atoms with Gasteiger partial charge in [-0.05, 0) is 23.8 Å². The summed E-state index contributed by atoms with van der Waals surface area (Å²) in [6.07, 6.45) is 5.77. The van der Waals surface area contributed by atoms with E-state index >= 15 is 0 Å². The summed E-state index contributed by atoms with van der Waals surface area (Å²) in [7, 11) is 0. The largest absolute Gasteiger partial charge is 0.325 e. The van der Waals surface area contributed by atoms with E-state index in [1.54, 1.807) is 0 Å². The Labute approximate surface area is 125 Å². The number of rotatable bonds is 5. The number of hydrogen-bond acceptors (Lipinski definition) is 2. The minimum absolute atomic E-state index is 0.561. The monoisotopic (exact) mass is 276 g/mol. The highest BCUT2D eigenvalue weighted by molar-refractivity contribution is 5.70. The van der Waals surface area contributed by atoms with E-state index in [4.69, 9.17) is 11.0 Å². The zero-order chi connectivity index (χ0) is 15.1. The molecular formula is C18H18N3+. The molecule has 104 valence electrons. The summed E-state index contributed by atoms with van der Waals surface area (Å²) in [5.41, 5.74) is 9.31. The zero-order valence-corrected chi connectivity index (χ0v) is 11.9. The molecular weight excluding hydrogens is 258 g/mol. The molecule has 1 aromatic heterocycles. The molecule has 0 amide bonds. The summed E-state index contributed by atoms with van der Waals surface area (Å²) in [6.45, 7) is 5.12. The first kappa shape index (κ1) is 14.7. The Morgan fingerprint density at radius 1 is 1.10 bits per heavy atom. The number of nitrogens with zero attached hydrogens (tertiary/aromatic N) is 2. The molecule has 2 N–H and O–H groups in total. The zero-order valence-electron chi connectivity index (χ0n) is 11.9. The van der Waals surface area contributed by atoms with Crippen molar-refractivity contribution in [2.45, 2.75) is 6.54 Å². The van der Waals surface area contributed by atoms with Gasteiger partial charge in [-0.3, -0.25) is 0 Å². The van der Waals surface area contributed by atoms with Gasteiger partial charge in [0.15, 0.2) is 6.54 Å². The molecule has 0 saturated carbocycles. The molecule has 0 aliphatic carbocycles. The number of nitriles is 1. The molecule has 0 unspecified atom stereocenters. The Morgan fingerprint density at radius 2 is 1.86 bits per heavy atom. The fourth-order valence-electron chi connectivity index (χ4n) is 2.20. The third kappa shape index (κ3) is 3.44. The van der Waals surface area contributed by atoms with Crippen molar-refractivity contribution in [1.29, 1.82) is 5.26 Å². The molecule has 0 radical (unpaired) electrons. The summed E-state index contributed by atoms with van der Waals surface area (Å²) >= 11 is 0. The smallest absolute Gasteiger partial charge is 0.205 e. The SMILES string of the molecule is C=Cc1cccc(/C=C/c2ccccc2C#N)[n+]1CCN. The number of aromatic nitrogens is 1. The molecule has 0 fully saturated rings. The van der Waals surface area contributed by atoms with Crippen LogP contribution < -0.4 is 10.3 Å². The molecule has 0 saturated heterocycles. The van der Waals surface area contributed by atoms with E-state index in [2.05, 4.69) is 17.2 Å². The van der Waals surface area contributed by atoms with Crippen LogP contribution in [0, 0.1) is 11.3 Å². The molecule has 0 bridgehead atoms. The highest BCUT2D eigenvalue weighted by Gasteiger charge is 2.11. The van der Waals surface area contributed by atoms with Crippen molar-refractivity contribution in [2.24, 2.45) is 5.73 Å². The van der Waals surface area contributed by atoms with Crippen LogP contribution in [0.4, 0.5) is 0 Å². The van der Waals surface area contributed by atoms with Crippen molar-refractivity contribution in [1.82, 2.24) is 0 Å². The van der Waals surface area contributed by atoms with Crippen molar-refractivity contribution in [3.8, 4) is 6.07 Å². The summed E-state index contributed by atoms with van der Waals surface area (Å²) in [6, 6.07) is 15.7. The Hall–Kier alpha value is -2.70. The molecule has 21 heavy (non-hydrogen) atoms. The fourth-order valence-corrected chi connectivity index (χ4v) is 2.20. The third-order valence-corrected chi connectivity index (χ3v) is 3.23.